The van der Waals surface area contributed by atoms with Crippen molar-refractivity contribution in [2.45, 2.75) is 0 Å². The maximum atomic E-state index is 6.73. The Hall–Kier alpha value is -6.59. The molecule has 5 heteroatoms. The van der Waals surface area contributed by atoms with Gasteiger partial charge < -0.3 is 8.83 Å². The molecule has 0 radical (unpaired) electrons. The minimum Gasteiger partial charge on any atom is -0.456 e. The topological polar surface area (TPSA) is 65.0 Å². The lowest BCUT2D eigenvalue weighted by Gasteiger charge is -2.11. The molecule has 0 unspecified atom stereocenters. The summed E-state index contributed by atoms with van der Waals surface area (Å²) in [6.07, 6.45) is 0. The molecule has 0 amide bonds. The lowest BCUT2D eigenvalue weighted by Crippen LogP contribution is -2.01. The van der Waals surface area contributed by atoms with Crippen LogP contribution >= 0.6 is 0 Å². The molecule has 5 nitrogen and oxygen atoms in total. The molecule has 0 bridgehead atoms. The summed E-state index contributed by atoms with van der Waals surface area (Å²) in [7, 11) is 0. The van der Waals surface area contributed by atoms with E-state index >= 15 is 0 Å². The number of fused-ring (bicyclic) bond motifs is 8. The molecule has 10 rings (SSSR count). The highest BCUT2D eigenvalue weighted by atomic mass is 16.3. The van der Waals surface area contributed by atoms with Crippen LogP contribution in [-0.4, -0.2) is 15.0 Å². The van der Waals surface area contributed by atoms with Crippen LogP contribution in [0.2, 0.25) is 0 Å². The zero-order chi connectivity index (χ0) is 31.6. The number of hydrogen-bond donors (Lipinski definition) is 0. The van der Waals surface area contributed by atoms with Crippen LogP contribution in [0.15, 0.2) is 160 Å². The summed E-state index contributed by atoms with van der Waals surface area (Å²) in [5.74, 6) is 1.76. The first-order valence-corrected chi connectivity index (χ1v) is 15.9. The number of nitrogens with zero attached hydrogens (tertiary/aromatic N) is 3. The Morgan fingerprint density at radius 2 is 1.00 bits per heavy atom. The van der Waals surface area contributed by atoms with Gasteiger partial charge in [-0.3, -0.25) is 0 Å². The van der Waals surface area contributed by atoms with Crippen LogP contribution in [0.25, 0.3) is 99.9 Å². The molecule has 224 valence electrons. The number of furan rings is 2. The van der Waals surface area contributed by atoms with E-state index in [2.05, 4.69) is 78.9 Å². The highest BCUT2D eigenvalue weighted by Gasteiger charge is 2.22. The summed E-state index contributed by atoms with van der Waals surface area (Å²) in [6, 6.07) is 51.5. The summed E-state index contributed by atoms with van der Waals surface area (Å²) in [5, 5.41) is 6.09. The summed E-state index contributed by atoms with van der Waals surface area (Å²) in [6.45, 7) is 0. The Bertz CT molecular complexity index is 2840. The number of benzene rings is 7. The first-order valence-electron chi connectivity index (χ1n) is 15.9. The van der Waals surface area contributed by atoms with Crippen molar-refractivity contribution in [2.75, 3.05) is 0 Å². The van der Waals surface area contributed by atoms with E-state index in [-0.39, 0.29) is 0 Å². The van der Waals surface area contributed by atoms with Gasteiger partial charge in [0.15, 0.2) is 17.5 Å². The molecule has 0 atom stereocenters. The molecule has 3 aromatic heterocycles. The van der Waals surface area contributed by atoms with Gasteiger partial charge in [0.1, 0.15) is 22.3 Å². The van der Waals surface area contributed by atoms with Crippen LogP contribution in [0.3, 0.4) is 0 Å². The van der Waals surface area contributed by atoms with Gasteiger partial charge in [0.05, 0.1) is 0 Å². The van der Waals surface area contributed by atoms with Gasteiger partial charge in [0.2, 0.25) is 0 Å². The van der Waals surface area contributed by atoms with Crippen LogP contribution < -0.4 is 0 Å². The van der Waals surface area contributed by atoms with Crippen molar-refractivity contribution in [3.63, 3.8) is 0 Å². The predicted octanol–water partition coefficient (Wildman–Crippen LogP) is 11.5. The second kappa shape index (κ2) is 10.5. The van der Waals surface area contributed by atoms with Crippen LogP contribution in [0.4, 0.5) is 0 Å². The van der Waals surface area contributed by atoms with Crippen molar-refractivity contribution in [3.05, 3.63) is 152 Å². The van der Waals surface area contributed by atoms with Crippen LogP contribution in [0.5, 0.6) is 0 Å². The minimum absolute atomic E-state index is 0.578. The van der Waals surface area contributed by atoms with Crippen LogP contribution in [0, 0.1) is 0 Å². The lowest BCUT2D eigenvalue weighted by molar-refractivity contribution is 0.669. The predicted molar refractivity (Wildman–Crippen MR) is 194 cm³/mol. The second-order valence-electron chi connectivity index (χ2n) is 12.0. The maximum absolute atomic E-state index is 6.73. The van der Waals surface area contributed by atoms with Crippen LogP contribution in [-0.2, 0) is 0 Å². The first kappa shape index (κ1) is 26.6. The molecule has 48 heavy (non-hydrogen) atoms. The summed E-state index contributed by atoms with van der Waals surface area (Å²) in [4.78, 5) is 15.5. The SMILES string of the molecule is c1ccc(-c2ccc3c(c2)oc2c4ccccc4cc(-c4nc(-c5ccccc5)nc(-c5cccc6oc7ccccc7c56)n4)c32)cc1. The van der Waals surface area contributed by atoms with Gasteiger partial charge >= 0.3 is 0 Å². The Morgan fingerprint density at radius 3 is 1.83 bits per heavy atom. The molecule has 0 aliphatic rings. The second-order valence-corrected chi connectivity index (χ2v) is 12.0. The number of rotatable bonds is 4. The van der Waals surface area contributed by atoms with Gasteiger partial charge in [-0.25, -0.2) is 15.0 Å². The molecule has 0 aliphatic heterocycles. The van der Waals surface area contributed by atoms with Gasteiger partial charge in [0, 0.05) is 43.6 Å². The molecule has 0 fully saturated rings. The number of hydrogen-bond acceptors (Lipinski definition) is 5. The van der Waals surface area contributed by atoms with Gasteiger partial charge in [0.25, 0.3) is 0 Å². The van der Waals surface area contributed by atoms with E-state index in [1.807, 2.05) is 72.8 Å². The average molecular weight is 616 g/mol. The third-order valence-corrected chi connectivity index (χ3v) is 9.12. The van der Waals surface area contributed by atoms with E-state index in [4.69, 9.17) is 23.8 Å². The first-order chi connectivity index (χ1) is 23.8. The van der Waals surface area contributed by atoms with E-state index in [1.165, 1.54) is 0 Å². The Morgan fingerprint density at radius 1 is 0.354 bits per heavy atom. The Balaban J connectivity index is 1.29. The van der Waals surface area contributed by atoms with Gasteiger partial charge in [-0.05, 0) is 46.8 Å². The zero-order valence-corrected chi connectivity index (χ0v) is 25.6. The summed E-state index contributed by atoms with van der Waals surface area (Å²) in [5.41, 5.74) is 8.18. The molecule has 0 aliphatic carbocycles. The number of aromatic nitrogens is 3. The molecule has 0 N–H and O–H groups in total. The van der Waals surface area contributed by atoms with E-state index in [0.717, 1.165) is 82.5 Å². The van der Waals surface area contributed by atoms with Crippen molar-refractivity contribution in [1.82, 2.24) is 15.0 Å². The molecule has 7 aromatic carbocycles. The highest BCUT2D eigenvalue weighted by molar-refractivity contribution is 6.21. The third kappa shape index (κ3) is 4.15. The third-order valence-electron chi connectivity index (χ3n) is 9.12. The Kier molecular flexibility index (Phi) is 5.81. The normalized spacial score (nSPS) is 11.8. The standard InChI is InChI=1S/C43H25N3O2/c1-3-12-26(13-4-1)28-22-23-32-37(25-28)48-40-30-17-8-7-16-29(30)24-34(39(32)40)43-45-41(27-14-5-2-6-15-27)44-42(46-43)33-19-11-21-36-38(33)31-18-9-10-20-35(31)47-36/h1-25H. The van der Waals surface area contributed by atoms with Crippen molar-refractivity contribution >= 4 is 54.6 Å². The van der Waals surface area contributed by atoms with Gasteiger partial charge in [-0.1, -0.05) is 121 Å². The fourth-order valence-electron chi connectivity index (χ4n) is 6.89. The van der Waals surface area contributed by atoms with Crippen molar-refractivity contribution < 1.29 is 8.83 Å². The smallest absolute Gasteiger partial charge is 0.164 e. The van der Waals surface area contributed by atoms with Gasteiger partial charge in [-0.2, -0.15) is 0 Å². The van der Waals surface area contributed by atoms with E-state index in [9.17, 15) is 0 Å². The monoisotopic (exact) mass is 615 g/mol. The molecule has 0 spiro atoms. The maximum Gasteiger partial charge on any atom is 0.164 e. The van der Waals surface area contributed by atoms with E-state index in [1.54, 1.807) is 0 Å². The molecular weight excluding hydrogens is 590 g/mol. The molecule has 3 heterocycles. The van der Waals surface area contributed by atoms with Crippen molar-refractivity contribution in [1.29, 1.82) is 0 Å². The molecule has 0 saturated heterocycles. The van der Waals surface area contributed by atoms with E-state index in [0.29, 0.717) is 17.5 Å². The summed E-state index contributed by atoms with van der Waals surface area (Å²) >= 11 is 0. The van der Waals surface area contributed by atoms with Crippen molar-refractivity contribution in [3.8, 4) is 45.3 Å². The number of para-hydroxylation sites is 1. The molecule has 10 aromatic rings. The zero-order valence-electron chi connectivity index (χ0n) is 25.6. The van der Waals surface area contributed by atoms with E-state index < -0.39 is 0 Å². The fraction of sp³-hybridized carbons (Fsp3) is 0. The lowest BCUT2D eigenvalue weighted by atomic mass is 9.98. The minimum atomic E-state index is 0.578. The van der Waals surface area contributed by atoms with Crippen LogP contribution in [0.1, 0.15) is 0 Å². The quantitative estimate of drug-likeness (QED) is 0.197. The average Bonchev–Trinajstić information content (AvgIpc) is 3.74. The van der Waals surface area contributed by atoms with Crippen molar-refractivity contribution in [2.24, 2.45) is 0 Å². The molecule has 0 saturated carbocycles. The highest BCUT2D eigenvalue weighted by Crippen LogP contribution is 2.42. The summed E-state index contributed by atoms with van der Waals surface area (Å²) < 4.78 is 13.0. The largest absolute Gasteiger partial charge is 0.456 e. The fourth-order valence-corrected chi connectivity index (χ4v) is 6.89. The molecular formula is C43H25N3O2. The Labute approximate surface area is 274 Å². The van der Waals surface area contributed by atoms with Gasteiger partial charge in [-0.15, -0.1) is 0 Å².